The number of pyridine rings is 1. The van der Waals surface area contributed by atoms with Crippen molar-refractivity contribution in [1.29, 1.82) is 0 Å². The minimum Gasteiger partial charge on any atom is -0.256 e. The van der Waals surface area contributed by atoms with Gasteiger partial charge < -0.3 is 0 Å². The summed E-state index contributed by atoms with van der Waals surface area (Å²) in [5.41, 5.74) is 2.74. The number of hydrogen-bond donors (Lipinski definition) is 0. The van der Waals surface area contributed by atoms with E-state index in [1.165, 1.54) is 25.7 Å². The second kappa shape index (κ2) is 6.60. The van der Waals surface area contributed by atoms with Crippen LogP contribution in [0, 0.1) is 5.92 Å². The zero-order valence-corrected chi connectivity index (χ0v) is 15.8. The van der Waals surface area contributed by atoms with E-state index in [2.05, 4.69) is 31.5 Å². The molecule has 1 aliphatic rings. The summed E-state index contributed by atoms with van der Waals surface area (Å²) < 4.78 is 17.6. The third kappa shape index (κ3) is 3.58. The maximum Gasteiger partial charge on any atom is 0.0839 e. The standard InChI is InChI=1S/C21H29NSi/c1-16(17-10-8-9-11-17)19-14-20(18-12-6-5-7-13-18)22-15-21(19)23(2,3)4/h5-7,12-17H,8-11H2,1-4H3/i14D,15D. The molecule has 2 aromatic rings. The van der Waals surface area contributed by atoms with Gasteiger partial charge in [0.25, 0.3) is 0 Å². The molecule has 2 heteroatoms. The lowest BCUT2D eigenvalue weighted by molar-refractivity contribution is 0.462. The molecular weight excluding hydrogens is 294 g/mol. The zero-order chi connectivity index (χ0) is 18.2. The molecule has 0 radical (unpaired) electrons. The van der Waals surface area contributed by atoms with Crippen LogP contribution in [0.25, 0.3) is 11.3 Å². The second-order valence-electron chi connectivity index (χ2n) is 7.94. The van der Waals surface area contributed by atoms with Gasteiger partial charge in [0.15, 0.2) is 0 Å². The summed E-state index contributed by atoms with van der Waals surface area (Å²) in [5.74, 6) is 0.982. The predicted octanol–water partition coefficient (Wildman–Crippen LogP) is 5.59. The molecule has 1 fully saturated rings. The summed E-state index contributed by atoms with van der Waals surface area (Å²) in [6, 6.07) is 10.5. The highest BCUT2D eigenvalue weighted by Gasteiger charge is 2.29. The molecule has 1 unspecified atom stereocenters. The highest BCUT2D eigenvalue weighted by atomic mass is 28.3. The molecule has 0 amide bonds. The minimum absolute atomic E-state index is 0.339. The van der Waals surface area contributed by atoms with Gasteiger partial charge in [-0.05, 0) is 41.5 Å². The monoisotopic (exact) mass is 325 g/mol. The topological polar surface area (TPSA) is 12.9 Å². The van der Waals surface area contributed by atoms with Gasteiger partial charge in [0.2, 0.25) is 0 Å². The number of nitrogens with zero attached hydrogens (tertiary/aromatic N) is 1. The van der Waals surface area contributed by atoms with Crippen LogP contribution < -0.4 is 5.19 Å². The van der Waals surface area contributed by atoms with E-state index in [-0.39, 0.29) is 0 Å². The molecule has 0 saturated heterocycles. The average molecular weight is 326 g/mol. The molecule has 122 valence electrons. The number of rotatable bonds is 4. The summed E-state index contributed by atoms with van der Waals surface area (Å²) >= 11 is 0. The van der Waals surface area contributed by atoms with Gasteiger partial charge in [0.05, 0.1) is 16.5 Å². The van der Waals surface area contributed by atoms with Crippen molar-refractivity contribution in [2.45, 2.75) is 58.2 Å². The van der Waals surface area contributed by atoms with E-state index >= 15 is 0 Å². The van der Waals surface area contributed by atoms with Crippen LogP contribution in [0.4, 0.5) is 0 Å². The van der Waals surface area contributed by atoms with Crippen molar-refractivity contribution in [3.63, 3.8) is 0 Å². The first kappa shape index (κ1) is 14.0. The van der Waals surface area contributed by atoms with Crippen molar-refractivity contribution < 1.29 is 2.74 Å². The normalized spacial score (nSPS) is 18.6. The van der Waals surface area contributed by atoms with Crippen molar-refractivity contribution in [1.82, 2.24) is 4.98 Å². The molecule has 0 bridgehead atoms. The Hall–Kier alpha value is -1.41. The van der Waals surface area contributed by atoms with Crippen molar-refractivity contribution in [2.24, 2.45) is 5.92 Å². The Kier molecular flexibility index (Phi) is 4.01. The third-order valence-corrected chi connectivity index (χ3v) is 7.04. The van der Waals surface area contributed by atoms with Gasteiger partial charge in [0, 0.05) is 11.7 Å². The van der Waals surface area contributed by atoms with Gasteiger partial charge >= 0.3 is 0 Å². The van der Waals surface area contributed by atoms with E-state index in [1.807, 2.05) is 30.3 Å². The van der Waals surface area contributed by atoms with Crippen molar-refractivity contribution in [3.05, 3.63) is 48.1 Å². The van der Waals surface area contributed by atoms with Crippen LogP contribution in [-0.4, -0.2) is 13.1 Å². The summed E-state index contributed by atoms with van der Waals surface area (Å²) in [5, 5.41) is 1.09. The van der Waals surface area contributed by atoms with E-state index < -0.39 is 8.07 Å². The van der Waals surface area contributed by atoms with Crippen molar-refractivity contribution >= 4 is 13.3 Å². The van der Waals surface area contributed by atoms with E-state index in [0.717, 1.165) is 16.3 Å². The Balaban J connectivity index is 2.23. The smallest absolute Gasteiger partial charge is 0.0839 e. The Labute approximate surface area is 145 Å². The third-order valence-electron chi connectivity index (χ3n) is 5.16. The summed E-state index contributed by atoms with van der Waals surface area (Å²) in [4.78, 5) is 4.59. The Morgan fingerprint density at radius 1 is 1.13 bits per heavy atom. The Morgan fingerprint density at radius 3 is 2.39 bits per heavy atom. The lowest BCUT2D eigenvalue weighted by atomic mass is 9.86. The lowest BCUT2D eigenvalue weighted by Crippen LogP contribution is -2.41. The fourth-order valence-electron chi connectivity index (χ4n) is 3.73. The van der Waals surface area contributed by atoms with Gasteiger partial charge in [-0.1, -0.05) is 69.7 Å². The lowest BCUT2D eigenvalue weighted by Gasteiger charge is -2.28. The van der Waals surface area contributed by atoms with Gasteiger partial charge in [-0.3, -0.25) is 4.98 Å². The molecule has 1 saturated carbocycles. The van der Waals surface area contributed by atoms with Gasteiger partial charge in [-0.25, -0.2) is 0 Å². The Morgan fingerprint density at radius 2 is 1.78 bits per heavy atom. The molecule has 1 atom stereocenters. The van der Waals surface area contributed by atoms with Crippen molar-refractivity contribution in [3.8, 4) is 11.3 Å². The quantitative estimate of drug-likeness (QED) is 0.668. The van der Waals surface area contributed by atoms with Crippen LogP contribution in [-0.2, 0) is 0 Å². The average Bonchev–Trinajstić information content (AvgIpc) is 3.10. The van der Waals surface area contributed by atoms with Crippen molar-refractivity contribution in [2.75, 3.05) is 0 Å². The molecular formula is C21H29NSi. The Bertz CT molecular complexity index is 747. The van der Waals surface area contributed by atoms with Gasteiger partial charge in [0.1, 0.15) is 0 Å². The first-order valence-corrected chi connectivity index (χ1v) is 12.4. The maximum atomic E-state index is 8.97. The molecule has 0 spiro atoms. The molecule has 1 nitrogen and oxygen atoms in total. The predicted molar refractivity (Wildman–Crippen MR) is 103 cm³/mol. The molecule has 1 aromatic carbocycles. The summed E-state index contributed by atoms with van der Waals surface area (Å²) in [6.07, 6.45) is 5.50. The van der Waals surface area contributed by atoms with Crippen LogP contribution >= 0.6 is 0 Å². The van der Waals surface area contributed by atoms with Gasteiger partial charge in [-0.15, -0.1) is 0 Å². The van der Waals surface area contributed by atoms with E-state index in [0.29, 0.717) is 29.7 Å². The fourth-order valence-corrected chi connectivity index (χ4v) is 5.22. The van der Waals surface area contributed by atoms with Crippen LogP contribution in [0.5, 0.6) is 0 Å². The van der Waals surface area contributed by atoms with Crippen LogP contribution in [0.1, 0.15) is 46.8 Å². The van der Waals surface area contributed by atoms with E-state index in [9.17, 15) is 0 Å². The fraction of sp³-hybridized carbons (Fsp3) is 0.476. The first-order valence-electron chi connectivity index (χ1n) is 9.87. The minimum atomic E-state index is -1.76. The van der Waals surface area contributed by atoms with Crippen LogP contribution in [0.2, 0.25) is 19.6 Å². The molecule has 23 heavy (non-hydrogen) atoms. The van der Waals surface area contributed by atoms with Crippen LogP contribution in [0.15, 0.2) is 42.5 Å². The van der Waals surface area contributed by atoms with Crippen LogP contribution in [0.3, 0.4) is 0 Å². The molecule has 1 aromatic heterocycles. The number of aromatic nitrogens is 1. The largest absolute Gasteiger partial charge is 0.256 e. The molecule has 1 aliphatic carbocycles. The number of hydrogen-bond acceptors (Lipinski definition) is 1. The summed E-state index contributed by atoms with van der Waals surface area (Å²) in [7, 11) is -1.76. The first-order chi connectivity index (χ1) is 11.8. The highest BCUT2D eigenvalue weighted by molar-refractivity contribution is 6.89. The molecule has 0 N–H and O–H groups in total. The van der Waals surface area contributed by atoms with Gasteiger partial charge in [-0.2, -0.15) is 0 Å². The van der Waals surface area contributed by atoms with E-state index in [1.54, 1.807) is 0 Å². The van der Waals surface area contributed by atoms with E-state index in [4.69, 9.17) is 2.74 Å². The SMILES string of the molecule is [2H]c1nc(-c2ccccc2)c([2H])c(C(C)C2CCCC2)c1[Si](C)(C)C. The highest BCUT2D eigenvalue weighted by Crippen LogP contribution is 2.37. The molecule has 1 heterocycles. The molecule has 0 aliphatic heterocycles. The molecule has 3 rings (SSSR count). The summed E-state index contributed by atoms with van der Waals surface area (Å²) in [6.45, 7) is 9.10. The zero-order valence-electron chi connectivity index (χ0n) is 16.8. The second-order valence-corrected chi connectivity index (χ2v) is 12.9. The maximum absolute atomic E-state index is 8.97. The number of benzene rings is 1.